The molecule has 20 heavy (non-hydrogen) atoms. The summed E-state index contributed by atoms with van der Waals surface area (Å²) in [4.78, 5) is 22.1. The van der Waals surface area contributed by atoms with E-state index in [-0.39, 0.29) is 11.4 Å². The summed E-state index contributed by atoms with van der Waals surface area (Å²) in [6.45, 7) is -2.60. The fourth-order valence-electron chi connectivity index (χ4n) is 1.44. The average Bonchev–Trinajstić information content (AvgIpc) is 2.78. The Morgan fingerprint density at radius 1 is 1.40 bits per heavy atom. The summed E-state index contributed by atoms with van der Waals surface area (Å²) in [5, 5.41) is 10.7. The van der Waals surface area contributed by atoms with Crippen LogP contribution >= 0.6 is 0 Å². The molecule has 0 bridgehead atoms. The van der Waals surface area contributed by atoms with Gasteiger partial charge in [0.25, 0.3) is 0 Å². The molecule has 112 valence electrons. The minimum Gasteiger partial charge on any atom is -0.480 e. The van der Waals surface area contributed by atoms with Crippen molar-refractivity contribution < 1.29 is 32.3 Å². The van der Waals surface area contributed by atoms with Gasteiger partial charge in [-0.2, -0.15) is 13.2 Å². The first kappa shape index (κ1) is 15.9. The highest BCUT2D eigenvalue weighted by molar-refractivity contribution is 5.80. The van der Waals surface area contributed by atoms with E-state index in [0.717, 1.165) is 0 Å². The maximum atomic E-state index is 12.2. The highest BCUT2D eigenvalue weighted by Crippen LogP contribution is 2.16. The summed E-state index contributed by atoms with van der Waals surface area (Å²) in [7, 11) is 0. The van der Waals surface area contributed by atoms with Crippen molar-refractivity contribution in [1.82, 2.24) is 10.2 Å². The summed E-state index contributed by atoms with van der Waals surface area (Å²) >= 11 is 0. The molecule has 1 aromatic rings. The molecule has 2 amide bonds. The lowest BCUT2D eigenvalue weighted by atomic mass is 10.3. The fourth-order valence-corrected chi connectivity index (χ4v) is 1.44. The number of hydrogen-bond donors (Lipinski definition) is 2. The monoisotopic (exact) mass is 294 g/mol. The molecule has 9 heteroatoms. The van der Waals surface area contributed by atoms with E-state index in [0.29, 0.717) is 12.2 Å². The molecule has 0 saturated heterocycles. The third-order valence-electron chi connectivity index (χ3n) is 2.21. The molecule has 0 radical (unpaired) electrons. The molecule has 0 spiro atoms. The summed E-state index contributed by atoms with van der Waals surface area (Å²) in [6, 6.07) is 2.20. The minimum absolute atomic E-state index is 0.0420. The minimum atomic E-state index is -4.66. The van der Waals surface area contributed by atoms with Crippen molar-refractivity contribution in [1.29, 1.82) is 0 Å². The quantitative estimate of drug-likeness (QED) is 0.832. The molecule has 1 heterocycles. The van der Waals surface area contributed by atoms with Crippen molar-refractivity contribution >= 4 is 12.0 Å². The van der Waals surface area contributed by atoms with Gasteiger partial charge in [-0.3, -0.25) is 4.79 Å². The van der Waals surface area contributed by atoms with Gasteiger partial charge in [0, 0.05) is 13.0 Å². The van der Waals surface area contributed by atoms with Crippen LogP contribution in [-0.2, 0) is 11.2 Å². The molecular weight excluding hydrogens is 281 g/mol. The zero-order chi connectivity index (χ0) is 15.2. The molecule has 0 atom stereocenters. The molecule has 0 unspecified atom stereocenters. The maximum Gasteiger partial charge on any atom is 0.406 e. The molecule has 0 aliphatic heterocycles. The van der Waals surface area contributed by atoms with Crippen molar-refractivity contribution in [2.75, 3.05) is 19.6 Å². The lowest BCUT2D eigenvalue weighted by Gasteiger charge is -2.22. The number of amides is 2. The van der Waals surface area contributed by atoms with E-state index in [1.54, 1.807) is 12.1 Å². The van der Waals surface area contributed by atoms with E-state index in [1.165, 1.54) is 6.26 Å². The van der Waals surface area contributed by atoms with Crippen LogP contribution in [0, 0.1) is 0 Å². The first-order chi connectivity index (χ1) is 9.28. The summed E-state index contributed by atoms with van der Waals surface area (Å²) in [5.74, 6) is -0.957. The Bertz CT molecular complexity index is 445. The van der Waals surface area contributed by atoms with Gasteiger partial charge in [-0.15, -0.1) is 0 Å². The number of nitrogens with one attached hydrogen (secondary N) is 1. The number of halogens is 3. The van der Waals surface area contributed by atoms with Crippen molar-refractivity contribution in [3.05, 3.63) is 24.2 Å². The average molecular weight is 294 g/mol. The Morgan fingerprint density at radius 3 is 2.60 bits per heavy atom. The molecular formula is C11H13F3N2O4. The number of carboxylic acids is 1. The zero-order valence-corrected chi connectivity index (χ0v) is 10.3. The summed E-state index contributed by atoms with van der Waals surface area (Å²) in [5.41, 5.74) is 0. The van der Waals surface area contributed by atoms with Gasteiger partial charge in [0.2, 0.25) is 0 Å². The second-order valence-corrected chi connectivity index (χ2v) is 3.93. The first-order valence-corrected chi connectivity index (χ1v) is 5.61. The SMILES string of the molecule is O=C(O)CN(CC(F)(F)F)C(=O)NCCc1ccco1. The van der Waals surface area contributed by atoms with Gasteiger partial charge in [0.05, 0.1) is 6.26 Å². The molecule has 0 aliphatic carbocycles. The topological polar surface area (TPSA) is 82.8 Å². The van der Waals surface area contributed by atoms with Gasteiger partial charge in [-0.25, -0.2) is 4.79 Å². The van der Waals surface area contributed by atoms with E-state index >= 15 is 0 Å². The Hall–Kier alpha value is -2.19. The second kappa shape index (κ2) is 6.83. The second-order valence-electron chi connectivity index (χ2n) is 3.93. The zero-order valence-electron chi connectivity index (χ0n) is 10.3. The van der Waals surface area contributed by atoms with Gasteiger partial charge in [0.15, 0.2) is 0 Å². The van der Waals surface area contributed by atoms with Crippen LogP contribution in [0.4, 0.5) is 18.0 Å². The fraction of sp³-hybridized carbons (Fsp3) is 0.455. The number of urea groups is 1. The van der Waals surface area contributed by atoms with Crippen LogP contribution < -0.4 is 5.32 Å². The van der Waals surface area contributed by atoms with Gasteiger partial charge >= 0.3 is 18.2 Å². The lowest BCUT2D eigenvalue weighted by molar-refractivity contribution is -0.148. The first-order valence-electron chi connectivity index (χ1n) is 5.61. The van der Waals surface area contributed by atoms with Crippen LogP contribution in [0.2, 0.25) is 0 Å². The Labute approximate surface area is 112 Å². The van der Waals surface area contributed by atoms with E-state index < -0.39 is 31.3 Å². The predicted octanol–water partition coefficient (Wildman–Crippen LogP) is 1.48. The summed E-state index contributed by atoms with van der Waals surface area (Å²) < 4.78 is 41.7. The molecule has 0 fully saturated rings. The Balaban J connectivity index is 2.47. The smallest absolute Gasteiger partial charge is 0.406 e. The van der Waals surface area contributed by atoms with E-state index in [9.17, 15) is 22.8 Å². The van der Waals surface area contributed by atoms with Crippen LogP contribution in [-0.4, -0.2) is 47.8 Å². The molecule has 1 rings (SSSR count). The number of aliphatic carboxylic acids is 1. The largest absolute Gasteiger partial charge is 0.480 e. The number of rotatable bonds is 6. The standard InChI is InChI=1S/C11H13F3N2O4/c12-11(13,14)7-16(6-9(17)18)10(19)15-4-3-8-2-1-5-20-8/h1-2,5H,3-4,6-7H2,(H,15,19)(H,17,18). The highest BCUT2D eigenvalue weighted by Gasteiger charge is 2.33. The van der Waals surface area contributed by atoms with Gasteiger partial charge in [-0.05, 0) is 12.1 Å². The summed E-state index contributed by atoms with van der Waals surface area (Å²) in [6.07, 6.45) is -2.93. The maximum absolute atomic E-state index is 12.2. The van der Waals surface area contributed by atoms with Crippen molar-refractivity contribution in [2.24, 2.45) is 0 Å². The van der Waals surface area contributed by atoms with Crippen LogP contribution in [0.1, 0.15) is 5.76 Å². The van der Waals surface area contributed by atoms with Crippen LogP contribution in [0.3, 0.4) is 0 Å². The molecule has 0 aliphatic rings. The van der Waals surface area contributed by atoms with Gasteiger partial charge < -0.3 is 19.7 Å². The number of carboxylic acid groups (broad SMARTS) is 1. The molecule has 6 nitrogen and oxygen atoms in total. The number of furan rings is 1. The van der Waals surface area contributed by atoms with Gasteiger partial charge in [0.1, 0.15) is 18.8 Å². The number of carbonyl (C=O) groups is 2. The van der Waals surface area contributed by atoms with E-state index in [4.69, 9.17) is 9.52 Å². The number of nitrogens with zero attached hydrogens (tertiary/aromatic N) is 1. The highest BCUT2D eigenvalue weighted by atomic mass is 19.4. The van der Waals surface area contributed by atoms with Crippen LogP contribution in [0.15, 0.2) is 22.8 Å². The molecule has 2 N–H and O–H groups in total. The molecule has 0 saturated carbocycles. The Morgan fingerprint density at radius 2 is 2.10 bits per heavy atom. The van der Waals surface area contributed by atoms with Gasteiger partial charge in [-0.1, -0.05) is 0 Å². The Kier molecular flexibility index (Phi) is 5.42. The van der Waals surface area contributed by atoms with Crippen molar-refractivity contribution in [3.8, 4) is 0 Å². The van der Waals surface area contributed by atoms with E-state index in [1.807, 2.05) is 0 Å². The number of carbonyl (C=O) groups excluding carboxylic acids is 1. The van der Waals surface area contributed by atoms with E-state index in [2.05, 4.69) is 5.32 Å². The third-order valence-corrected chi connectivity index (χ3v) is 2.21. The van der Waals surface area contributed by atoms with Crippen LogP contribution in [0.25, 0.3) is 0 Å². The van der Waals surface area contributed by atoms with Crippen molar-refractivity contribution in [3.63, 3.8) is 0 Å². The van der Waals surface area contributed by atoms with Crippen LogP contribution in [0.5, 0.6) is 0 Å². The number of alkyl halides is 3. The molecule has 1 aromatic heterocycles. The normalized spacial score (nSPS) is 11.2. The predicted molar refractivity (Wildman–Crippen MR) is 61.1 cm³/mol. The third kappa shape index (κ3) is 6.12. The lowest BCUT2D eigenvalue weighted by Crippen LogP contribution is -2.47. The van der Waals surface area contributed by atoms with Crippen molar-refractivity contribution in [2.45, 2.75) is 12.6 Å². The number of hydrogen-bond acceptors (Lipinski definition) is 3. The molecule has 0 aromatic carbocycles.